The number of carbonyl (C=O) groups excluding carboxylic acids is 2. The Bertz CT molecular complexity index is 1190. The number of allylic oxidation sites excluding steroid dienone is 1. The van der Waals surface area contributed by atoms with E-state index in [4.69, 9.17) is 14.2 Å². The first kappa shape index (κ1) is 24.5. The molecule has 0 saturated carbocycles. The van der Waals surface area contributed by atoms with E-state index in [2.05, 4.69) is 6.07 Å². The monoisotopic (exact) mass is 493 g/mol. The highest BCUT2D eigenvalue weighted by Crippen LogP contribution is 2.44. The largest absolute Gasteiger partial charge is 0.493 e. The Morgan fingerprint density at radius 1 is 1.14 bits per heavy atom. The van der Waals surface area contributed by atoms with Crippen LogP contribution in [0.4, 0.5) is 5.69 Å². The van der Waals surface area contributed by atoms with Crippen LogP contribution in [0.5, 0.6) is 11.5 Å². The van der Waals surface area contributed by atoms with E-state index >= 15 is 0 Å². The number of amides is 1. The fraction of sp³-hybridized carbons (Fsp3) is 0.346. The Morgan fingerprint density at radius 3 is 2.57 bits per heavy atom. The molecule has 9 heteroatoms. The number of anilines is 1. The molecule has 2 aliphatic heterocycles. The Kier molecular flexibility index (Phi) is 7.51. The van der Waals surface area contributed by atoms with Gasteiger partial charge >= 0.3 is 5.97 Å². The molecule has 2 aliphatic rings. The summed E-state index contributed by atoms with van der Waals surface area (Å²) >= 11 is 1.47. The summed E-state index contributed by atoms with van der Waals surface area (Å²) in [5.74, 6) is 1.03. The third-order valence-corrected chi connectivity index (χ3v) is 7.08. The van der Waals surface area contributed by atoms with Crippen molar-refractivity contribution in [3.05, 3.63) is 64.2 Å². The molecule has 1 saturated heterocycles. The first-order chi connectivity index (χ1) is 17.0. The summed E-state index contributed by atoms with van der Waals surface area (Å²) in [5.41, 5.74) is 2.79. The van der Waals surface area contributed by atoms with E-state index < -0.39 is 0 Å². The van der Waals surface area contributed by atoms with Crippen molar-refractivity contribution in [2.75, 3.05) is 37.8 Å². The second-order valence-corrected chi connectivity index (χ2v) is 8.91. The van der Waals surface area contributed by atoms with E-state index in [0.29, 0.717) is 53.4 Å². The van der Waals surface area contributed by atoms with Crippen LogP contribution in [0.2, 0.25) is 0 Å². The number of hydrogen-bond donors (Lipinski definition) is 0. The van der Waals surface area contributed by atoms with Gasteiger partial charge in [-0.05, 0) is 55.8 Å². The van der Waals surface area contributed by atoms with Gasteiger partial charge in [0.25, 0.3) is 0 Å². The van der Waals surface area contributed by atoms with Gasteiger partial charge in [-0.15, -0.1) is 0 Å². The quantitative estimate of drug-likeness (QED) is 0.521. The molecule has 0 aliphatic carbocycles. The lowest BCUT2D eigenvalue weighted by molar-refractivity contribution is -0.129. The van der Waals surface area contributed by atoms with Crippen LogP contribution in [0.1, 0.15) is 42.1 Å². The highest BCUT2D eigenvalue weighted by molar-refractivity contribution is 8.03. The van der Waals surface area contributed by atoms with Crippen LogP contribution in [0, 0.1) is 11.3 Å². The van der Waals surface area contributed by atoms with E-state index in [1.807, 2.05) is 42.2 Å². The number of thioether (sulfide) groups is 1. The molecule has 2 aromatic rings. The minimum atomic E-state index is -0.362. The van der Waals surface area contributed by atoms with Crippen LogP contribution < -0.4 is 14.4 Å². The van der Waals surface area contributed by atoms with Crippen LogP contribution in [-0.4, -0.2) is 49.6 Å². The van der Waals surface area contributed by atoms with Gasteiger partial charge in [0.15, 0.2) is 11.5 Å². The second-order valence-electron chi connectivity index (χ2n) is 7.97. The lowest BCUT2D eigenvalue weighted by atomic mass is 9.86. The van der Waals surface area contributed by atoms with Gasteiger partial charge in [0.05, 0.1) is 55.1 Å². The molecule has 0 bridgehead atoms. The lowest BCUT2D eigenvalue weighted by Crippen LogP contribution is -2.47. The SMILES string of the molecule is CCOC(=O)c1ccc(N2CSC3=C(C#N)C(c4ccc(OCC)c(OC)c4)CC(=O)N3C2)cc1. The number of rotatable bonds is 7. The molecule has 35 heavy (non-hydrogen) atoms. The maximum absolute atomic E-state index is 13.2. The van der Waals surface area contributed by atoms with Crippen molar-refractivity contribution >= 4 is 29.3 Å². The van der Waals surface area contributed by atoms with Crippen molar-refractivity contribution < 1.29 is 23.8 Å². The van der Waals surface area contributed by atoms with Crippen LogP contribution >= 0.6 is 11.8 Å². The molecule has 2 aromatic carbocycles. The number of benzene rings is 2. The molecule has 0 spiro atoms. The number of esters is 1. The van der Waals surface area contributed by atoms with E-state index in [1.165, 1.54) is 11.8 Å². The normalized spacial score (nSPS) is 17.5. The van der Waals surface area contributed by atoms with Gasteiger partial charge in [-0.2, -0.15) is 5.26 Å². The zero-order chi connectivity index (χ0) is 24.9. The third kappa shape index (κ3) is 4.93. The molecule has 0 aromatic heterocycles. The number of hydrogen-bond acceptors (Lipinski definition) is 8. The van der Waals surface area contributed by atoms with Gasteiger partial charge in [0.2, 0.25) is 5.91 Å². The fourth-order valence-electron chi connectivity index (χ4n) is 4.21. The number of nitriles is 1. The third-order valence-electron chi connectivity index (χ3n) is 5.93. The molecule has 1 fully saturated rings. The van der Waals surface area contributed by atoms with Crippen molar-refractivity contribution in [2.24, 2.45) is 0 Å². The molecule has 1 unspecified atom stereocenters. The van der Waals surface area contributed by atoms with Crippen molar-refractivity contribution in [2.45, 2.75) is 26.2 Å². The molecule has 0 N–H and O–H groups in total. The number of nitrogens with zero attached hydrogens (tertiary/aromatic N) is 3. The van der Waals surface area contributed by atoms with Crippen LogP contribution in [0.15, 0.2) is 53.1 Å². The summed E-state index contributed by atoms with van der Waals surface area (Å²) < 4.78 is 16.1. The van der Waals surface area contributed by atoms with Crippen molar-refractivity contribution in [3.8, 4) is 17.6 Å². The smallest absolute Gasteiger partial charge is 0.338 e. The zero-order valence-corrected chi connectivity index (χ0v) is 20.8. The molecule has 1 atom stereocenters. The highest BCUT2D eigenvalue weighted by Gasteiger charge is 2.38. The maximum Gasteiger partial charge on any atom is 0.338 e. The molecule has 1 amide bonds. The Balaban J connectivity index is 1.58. The predicted octanol–water partition coefficient (Wildman–Crippen LogP) is 4.49. The van der Waals surface area contributed by atoms with Gasteiger partial charge in [-0.25, -0.2) is 4.79 Å². The number of carbonyl (C=O) groups is 2. The average Bonchev–Trinajstić information content (AvgIpc) is 2.89. The van der Waals surface area contributed by atoms with Crippen molar-refractivity contribution in [1.29, 1.82) is 5.26 Å². The van der Waals surface area contributed by atoms with Gasteiger partial charge in [0.1, 0.15) is 0 Å². The van der Waals surface area contributed by atoms with Crippen molar-refractivity contribution in [1.82, 2.24) is 4.90 Å². The minimum Gasteiger partial charge on any atom is -0.493 e. The summed E-state index contributed by atoms with van der Waals surface area (Å²) in [4.78, 5) is 28.9. The molecule has 2 heterocycles. The maximum atomic E-state index is 13.2. The van der Waals surface area contributed by atoms with Crippen LogP contribution in [-0.2, 0) is 9.53 Å². The van der Waals surface area contributed by atoms with E-state index in [0.717, 1.165) is 11.3 Å². The van der Waals surface area contributed by atoms with Crippen molar-refractivity contribution in [3.63, 3.8) is 0 Å². The standard InChI is InChI=1S/C26H27N3O5S/c1-4-33-22-11-8-18(12-23(22)32-3)20-13-24(30)29-15-28(16-35-25(29)21(20)14-27)19-9-6-17(7-10-19)26(31)34-5-2/h6-12,20H,4-5,13,15-16H2,1-3H3. The van der Waals surface area contributed by atoms with E-state index in [1.54, 1.807) is 31.1 Å². The molecule has 0 radical (unpaired) electrons. The zero-order valence-electron chi connectivity index (χ0n) is 19.9. The number of fused-ring (bicyclic) bond motifs is 1. The summed E-state index contributed by atoms with van der Waals surface area (Å²) in [6, 6.07) is 15.0. The Hall–Kier alpha value is -3.64. The summed E-state index contributed by atoms with van der Waals surface area (Å²) in [5, 5.41) is 10.7. The summed E-state index contributed by atoms with van der Waals surface area (Å²) in [7, 11) is 1.57. The van der Waals surface area contributed by atoms with Crippen LogP contribution in [0.3, 0.4) is 0 Å². The average molecular weight is 494 g/mol. The molecule has 8 nitrogen and oxygen atoms in total. The first-order valence-corrected chi connectivity index (χ1v) is 12.4. The minimum absolute atomic E-state index is 0.0443. The Morgan fingerprint density at radius 2 is 1.91 bits per heavy atom. The molecular weight excluding hydrogens is 466 g/mol. The van der Waals surface area contributed by atoms with Gasteiger partial charge in [-0.3, -0.25) is 9.69 Å². The van der Waals surface area contributed by atoms with Crippen LogP contribution in [0.25, 0.3) is 0 Å². The first-order valence-electron chi connectivity index (χ1n) is 11.4. The van der Waals surface area contributed by atoms with Gasteiger partial charge < -0.3 is 19.1 Å². The van der Waals surface area contributed by atoms with E-state index in [9.17, 15) is 14.9 Å². The number of ether oxygens (including phenoxy) is 3. The van der Waals surface area contributed by atoms with E-state index in [-0.39, 0.29) is 24.2 Å². The highest BCUT2D eigenvalue weighted by atomic mass is 32.2. The lowest BCUT2D eigenvalue weighted by Gasteiger charge is -2.42. The van der Waals surface area contributed by atoms with Gasteiger partial charge in [-0.1, -0.05) is 17.8 Å². The van der Waals surface area contributed by atoms with Gasteiger partial charge in [0, 0.05) is 18.0 Å². The Labute approximate surface area is 209 Å². The fourth-order valence-corrected chi connectivity index (χ4v) is 5.38. The molecule has 4 rings (SSSR count). The summed E-state index contributed by atoms with van der Waals surface area (Å²) in [6.07, 6.45) is 0.194. The second kappa shape index (κ2) is 10.7. The predicted molar refractivity (Wildman–Crippen MR) is 133 cm³/mol. The topological polar surface area (TPSA) is 92.1 Å². The number of methoxy groups -OCH3 is 1. The molecule has 182 valence electrons. The summed E-state index contributed by atoms with van der Waals surface area (Å²) in [6.45, 7) is 4.84. The molecular formula is C26H27N3O5S.